The summed E-state index contributed by atoms with van der Waals surface area (Å²) in [6, 6.07) is -0.281. The van der Waals surface area contributed by atoms with Crippen LogP contribution in [0, 0.1) is 5.41 Å². The molecule has 19 heavy (non-hydrogen) atoms. The fourth-order valence-electron chi connectivity index (χ4n) is 2.16. The molecule has 3 amide bonds. The first-order valence-electron chi connectivity index (χ1n) is 6.39. The Morgan fingerprint density at radius 1 is 1.42 bits per heavy atom. The highest BCUT2D eigenvalue weighted by molar-refractivity contribution is 5.78. The number of primary amides is 1. The molecule has 1 fully saturated rings. The van der Waals surface area contributed by atoms with Crippen LogP contribution >= 0.6 is 0 Å². The molecule has 0 aromatic carbocycles. The van der Waals surface area contributed by atoms with Gasteiger partial charge in [-0.05, 0) is 26.2 Å². The molecule has 0 bridgehead atoms. The number of carboxylic acid groups (broad SMARTS) is 1. The zero-order chi connectivity index (χ0) is 14.5. The quantitative estimate of drug-likeness (QED) is 0.617. The van der Waals surface area contributed by atoms with E-state index in [1.165, 1.54) is 4.90 Å². The van der Waals surface area contributed by atoms with Gasteiger partial charge in [0, 0.05) is 26.1 Å². The van der Waals surface area contributed by atoms with Crippen LogP contribution in [-0.2, 0) is 9.59 Å². The van der Waals surface area contributed by atoms with Gasteiger partial charge in [-0.3, -0.25) is 9.59 Å². The second-order valence-electron chi connectivity index (χ2n) is 5.19. The fraction of sp³-hybridized carbons (Fsp3) is 0.750. The van der Waals surface area contributed by atoms with Crippen LogP contribution in [0.3, 0.4) is 0 Å². The number of nitrogens with two attached hydrogens (primary N) is 1. The van der Waals surface area contributed by atoms with Gasteiger partial charge in [-0.2, -0.15) is 0 Å². The Balaban J connectivity index is 2.40. The van der Waals surface area contributed by atoms with E-state index in [1.807, 2.05) is 0 Å². The van der Waals surface area contributed by atoms with Crippen molar-refractivity contribution in [1.82, 2.24) is 10.2 Å². The van der Waals surface area contributed by atoms with Crippen LogP contribution < -0.4 is 11.1 Å². The summed E-state index contributed by atoms with van der Waals surface area (Å²) in [5, 5.41) is 11.8. The fourth-order valence-corrected chi connectivity index (χ4v) is 2.16. The monoisotopic (exact) mass is 271 g/mol. The van der Waals surface area contributed by atoms with E-state index < -0.39 is 17.3 Å². The molecule has 0 radical (unpaired) electrons. The van der Waals surface area contributed by atoms with Gasteiger partial charge in [-0.25, -0.2) is 4.79 Å². The molecule has 0 aromatic rings. The Morgan fingerprint density at radius 3 is 2.68 bits per heavy atom. The Labute approximate surface area is 112 Å². The average molecular weight is 271 g/mol. The lowest BCUT2D eigenvalue weighted by Crippen LogP contribution is -2.51. The van der Waals surface area contributed by atoms with Gasteiger partial charge in [-0.1, -0.05) is 0 Å². The lowest BCUT2D eigenvalue weighted by molar-refractivity contribution is -0.150. The molecule has 1 rings (SSSR count). The molecule has 7 nitrogen and oxygen atoms in total. The molecule has 1 aliphatic rings. The molecule has 1 atom stereocenters. The van der Waals surface area contributed by atoms with Crippen LogP contribution in [0.5, 0.6) is 0 Å². The van der Waals surface area contributed by atoms with Gasteiger partial charge in [0.25, 0.3) is 0 Å². The van der Waals surface area contributed by atoms with E-state index in [9.17, 15) is 14.4 Å². The second kappa shape index (κ2) is 6.40. The van der Waals surface area contributed by atoms with E-state index in [0.717, 1.165) is 0 Å². The van der Waals surface area contributed by atoms with Crippen molar-refractivity contribution in [3.05, 3.63) is 0 Å². The van der Waals surface area contributed by atoms with E-state index in [1.54, 1.807) is 6.92 Å². The number of piperidine rings is 1. The number of nitrogens with zero attached hydrogens (tertiary/aromatic N) is 1. The summed E-state index contributed by atoms with van der Waals surface area (Å²) in [4.78, 5) is 35.1. The molecule has 4 N–H and O–H groups in total. The van der Waals surface area contributed by atoms with Crippen molar-refractivity contribution in [3.63, 3.8) is 0 Å². The first-order valence-corrected chi connectivity index (χ1v) is 6.39. The predicted octanol–water partition coefficient (Wildman–Crippen LogP) is 0.148. The van der Waals surface area contributed by atoms with E-state index in [4.69, 9.17) is 10.8 Å². The number of urea groups is 1. The maximum absolute atomic E-state index is 11.9. The number of hydrogen-bond acceptors (Lipinski definition) is 3. The van der Waals surface area contributed by atoms with Gasteiger partial charge in [0.05, 0.1) is 5.41 Å². The third-order valence-corrected chi connectivity index (χ3v) is 3.38. The molecule has 0 saturated carbocycles. The number of hydrogen-bond donors (Lipinski definition) is 3. The molecule has 108 valence electrons. The number of carboxylic acids is 1. The molecule has 0 aromatic heterocycles. The van der Waals surface area contributed by atoms with Gasteiger partial charge in [0.2, 0.25) is 5.91 Å². The summed E-state index contributed by atoms with van der Waals surface area (Å²) >= 11 is 0. The van der Waals surface area contributed by atoms with Crippen LogP contribution in [-0.4, -0.2) is 47.5 Å². The molecular weight excluding hydrogens is 250 g/mol. The first kappa shape index (κ1) is 15.3. The predicted molar refractivity (Wildman–Crippen MR) is 68.4 cm³/mol. The van der Waals surface area contributed by atoms with Crippen LogP contribution in [0.2, 0.25) is 0 Å². The highest BCUT2D eigenvalue weighted by Crippen LogP contribution is 2.29. The zero-order valence-electron chi connectivity index (χ0n) is 11.1. The highest BCUT2D eigenvalue weighted by Gasteiger charge is 2.39. The van der Waals surface area contributed by atoms with Crippen molar-refractivity contribution < 1.29 is 19.5 Å². The third kappa shape index (κ3) is 4.42. The molecule has 7 heteroatoms. The summed E-state index contributed by atoms with van der Waals surface area (Å²) in [7, 11) is 0. The van der Waals surface area contributed by atoms with E-state index in [2.05, 4.69) is 5.32 Å². The smallest absolute Gasteiger partial charge is 0.317 e. The normalized spacial score (nSPS) is 22.9. The van der Waals surface area contributed by atoms with Crippen molar-refractivity contribution in [2.45, 2.75) is 32.6 Å². The summed E-state index contributed by atoms with van der Waals surface area (Å²) in [6.07, 6.45) is 1.98. The summed E-state index contributed by atoms with van der Waals surface area (Å²) in [6.45, 7) is 2.79. The third-order valence-electron chi connectivity index (χ3n) is 3.38. The summed E-state index contributed by atoms with van der Waals surface area (Å²) in [5.41, 5.74) is 4.12. The standard InChI is InChI=1S/C12H21N3O4/c1-12(10(17)18)5-3-7-15(8-12)11(19)14-6-2-4-9(13)16/h2-8H2,1H3,(H2,13,16)(H,14,19)(H,17,18). The topological polar surface area (TPSA) is 113 Å². The largest absolute Gasteiger partial charge is 0.481 e. The number of likely N-dealkylation sites (tertiary alicyclic amines) is 1. The molecular formula is C12H21N3O4. The van der Waals surface area contributed by atoms with Gasteiger partial charge >= 0.3 is 12.0 Å². The second-order valence-corrected chi connectivity index (χ2v) is 5.19. The maximum atomic E-state index is 11.9. The molecule has 0 aliphatic carbocycles. The minimum Gasteiger partial charge on any atom is -0.481 e. The Kier molecular flexibility index (Phi) is 5.14. The van der Waals surface area contributed by atoms with Crippen molar-refractivity contribution >= 4 is 17.9 Å². The lowest BCUT2D eigenvalue weighted by atomic mass is 9.82. The van der Waals surface area contributed by atoms with Crippen LogP contribution in [0.25, 0.3) is 0 Å². The molecule has 1 saturated heterocycles. The molecule has 0 spiro atoms. The highest BCUT2D eigenvalue weighted by atomic mass is 16.4. The minimum absolute atomic E-state index is 0.212. The van der Waals surface area contributed by atoms with Crippen LogP contribution in [0.4, 0.5) is 4.79 Å². The minimum atomic E-state index is -0.876. The molecule has 1 heterocycles. The number of carbonyl (C=O) groups is 3. The van der Waals surface area contributed by atoms with Crippen molar-refractivity contribution in [2.75, 3.05) is 19.6 Å². The van der Waals surface area contributed by atoms with Gasteiger partial charge in [0.1, 0.15) is 0 Å². The number of aliphatic carboxylic acids is 1. The van der Waals surface area contributed by atoms with Crippen molar-refractivity contribution in [2.24, 2.45) is 11.1 Å². The van der Waals surface area contributed by atoms with E-state index >= 15 is 0 Å². The van der Waals surface area contributed by atoms with E-state index in [-0.39, 0.29) is 19.0 Å². The number of rotatable bonds is 5. The van der Waals surface area contributed by atoms with Gasteiger partial charge in [-0.15, -0.1) is 0 Å². The average Bonchev–Trinajstić information content (AvgIpc) is 2.34. The lowest BCUT2D eigenvalue weighted by Gasteiger charge is -2.37. The Bertz CT molecular complexity index is 372. The number of nitrogens with one attached hydrogen (secondary N) is 1. The maximum Gasteiger partial charge on any atom is 0.317 e. The van der Waals surface area contributed by atoms with Crippen molar-refractivity contribution in [1.29, 1.82) is 0 Å². The summed E-state index contributed by atoms with van der Waals surface area (Å²) in [5.74, 6) is -1.27. The Morgan fingerprint density at radius 2 is 2.11 bits per heavy atom. The SMILES string of the molecule is CC1(C(=O)O)CCCN(C(=O)NCCCC(N)=O)C1. The van der Waals surface area contributed by atoms with Gasteiger partial charge in [0.15, 0.2) is 0 Å². The zero-order valence-corrected chi connectivity index (χ0v) is 11.1. The van der Waals surface area contributed by atoms with Gasteiger partial charge < -0.3 is 21.1 Å². The molecule has 1 unspecified atom stereocenters. The molecule has 1 aliphatic heterocycles. The van der Waals surface area contributed by atoms with E-state index in [0.29, 0.717) is 32.4 Å². The summed E-state index contributed by atoms with van der Waals surface area (Å²) < 4.78 is 0. The Hall–Kier alpha value is -1.79. The van der Waals surface area contributed by atoms with Crippen LogP contribution in [0.15, 0.2) is 0 Å². The number of amides is 3. The van der Waals surface area contributed by atoms with Crippen LogP contribution in [0.1, 0.15) is 32.6 Å². The first-order chi connectivity index (χ1) is 8.85. The van der Waals surface area contributed by atoms with Crippen molar-refractivity contribution in [3.8, 4) is 0 Å². The number of carbonyl (C=O) groups excluding carboxylic acids is 2.